The molecule has 3 N–H and O–H groups in total. The predicted molar refractivity (Wildman–Crippen MR) is 87.4 cm³/mol. The summed E-state index contributed by atoms with van der Waals surface area (Å²) in [6.07, 6.45) is 3.29. The molecule has 1 aromatic carbocycles. The molecule has 3 aliphatic rings. The molecule has 24 heavy (non-hydrogen) atoms. The standard InChI is InChI=1S/C17H22BNO5/c20-17(13-8-11-5-6-15(13)24-11)19-16(18(21)22)7-10-9-23-14-4-2-1-3-12(10)14/h1-4,10-11,13,15-16,21-22H,5-9H2,(H,19,20)/t10-,11-,13-,15+,16-/m0/s1. The van der Waals surface area contributed by atoms with Crippen molar-refractivity contribution >= 4 is 13.0 Å². The molecule has 0 aromatic heterocycles. The summed E-state index contributed by atoms with van der Waals surface area (Å²) in [6, 6.07) is 7.75. The molecule has 7 heteroatoms. The summed E-state index contributed by atoms with van der Waals surface area (Å²) in [6.45, 7) is 0.496. The first-order chi connectivity index (χ1) is 11.6. The van der Waals surface area contributed by atoms with E-state index in [1.165, 1.54) is 0 Å². The second kappa shape index (κ2) is 6.39. The molecular weight excluding hydrogens is 309 g/mol. The zero-order valence-corrected chi connectivity index (χ0v) is 13.4. The SMILES string of the molecule is O=C(N[C@@H](C[C@H]1COc2ccccc21)B(O)O)[C@H]1C[C@@H]2CC[C@H]1O2. The molecule has 2 saturated heterocycles. The highest BCUT2D eigenvalue weighted by Gasteiger charge is 2.45. The maximum Gasteiger partial charge on any atom is 0.475 e. The molecule has 0 aliphatic carbocycles. The minimum Gasteiger partial charge on any atom is -0.493 e. The molecule has 1 aromatic rings. The predicted octanol–water partition coefficient (Wildman–Crippen LogP) is 0.617. The van der Waals surface area contributed by atoms with Gasteiger partial charge in [-0.2, -0.15) is 0 Å². The lowest BCUT2D eigenvalue weighted by Crippen LogP contribution is -2.50. The Kier molecular flexibility index (Phi) is 4.24. The smallest absolute Gasteiger partial charge is 0.475 e. The molecule has 0 spiro atoms. The maximum absolute atomic E-state index is 12.5. The van der Waals surface area contributed by atoms with Gasteiger partial charge in [-0.05, 0) is 31.7 Å². The van der Waals surface area contributed by atoms with Gasteiger partial charge in [0.1, 0.15) is 5.75 Å². The summed E-state index contributed by atoms with van der Waals surface area (Å²) in [5, 5.41) is 22.3. The van der Waals surface area contributed by atoms with E-state index in [1.54, 1.807) is 0 Å². The van der Waals surface area contributed by atoms with Crippen LogP contribution in [0.5, 0.6) is 5.75 Å². The summed E-state index contributed by atoms with van der Waals surface area (Å²) in [4.78, 5) is 12.5. The fourth-order valence-electron chi connectivity index (χ4n) is 4.19. The zero-order chi connectivity index (χ0) is 16.7. The summed E-state index contributed by atoms with van der Waals surface area (Å²) in [5.74, 6) is -0.132. The van der Waals surface area contributed by atoms with Gasteiger partial charge in [0.25, 0.3) is 0 Å². The van der Waals surface area contributed by atoms with Crippen LogP contribution in [-0.2, 0) is 9.53 Å². The quantitative estimate of drug-likeness (QED) is 0.689. The highest BCUT2D eigenvalue weighted by molar-refractivity contribution is 6.43. The minimum absolute atomic E-state index is 0.0120. The Balaban J connectivity index is 1.41. The van der Waals surface area contributed by atoms with Gasteiger partial charge in [0.05, 0.1) is 30.7 Å². The third-order valence-electron chi connectivity index (χ3n) is 5.47. The summed E-state index contributed by atoms with van der Waals surface area (Å²) >= 11 is 0. The lowest BCUT2D eigenvalue weighted by atomic mass is 9.73. The van der Waals surface area contributed by atoms with E-state index in [0.29, 0.717) is 13.0 Å². The molecule has 4 rings (SSSR count). The third kappa shape index (κ3) is 2.92. The molecule has 0 radical (unpaired) electrons. The minimum atomic E-state index is -1.60. The number of benzene rings is 1. The first-order valence-electron chi connectivity index (χ1n) is 8.65. The Morgan fingerprint density at radius 1 is 1.33 bits per heavy atom. The van der Waals surface area contributed by atoms with Gasteiger partial charge in [-0.15, -0.1) is 0 Å². The van der Waals surface area contributed by atoms with Crippen LogP contribution < -0.4 is 10.1 Å². The van der Waals surface area contributed by atoms with Crippen molar-refractivity contribution in [2.24, 2.45) is 5.92 Å². The number of amides is 1. The van der Waals surface area contributed by atoms with Crippen molar-refractivity contribution in [2.45, 2.75) is 49.8 Å². The van der Waals surface area contributed by atoms with E-state index in [-0.39, 0.29) is 30.0 Å². The Hall–Kier alpha value is -1.57. The Labute approximate surface area is 141 Å². The van der Waals surface area contributed by atoms with Crippen molar-refractivity contribution in [1.29, 1.82) is 0 Å². The van der Waals surface area contributed by atoms with E-state index in [1.807, 2.05) is 24.3 Å². The second-order valence-corrected chi connectivity index (χ2v) is 7.03. The van der Waals surface area contributed by atoms with Crippen LogP contribution in [0.25, 0.3) is 0 Å². The lowest BCUT2D eigenvalue weighted by Gasteiger charge is -2.24. The molecule has 3 heterocycles. The Morgan fingerprint density at radius 2 is 2.17 bits per heavy atom. The number of hydrogen-bond donors (Lipinski definition) is 3. The van der Waals surface area contributed by atoms with Gasteiger partial charge in [0.2, 0.25) is 5.91 Å². The number of hydrogen-bond acceptors (Lipinski definition) is 5. The van der Waals surface area contributed by atoms with Crippen LogP contribution in [0.4, 0.5) is 0 Å². The van der Waals surface area contributed by atoms with E-state index >= 15 is 0 Å². The normalized spacial score (nSPS) is 31.4. The summed E-state index contributed by atoms with van der Waals surface area (Å²) in [5.41, 5.74) is 1.06. The molecular formula is C17H22BNO5. The monoisotopic (exact) mass is 331 g/mol. The number of carbonyl (C=O) groups excluding carboxylic acids is 1. The second-order valence-electron chi connectivity index (χ2n) is 7.03. The summed E-state index contributed by atoms with van der Waals surface area (Å²) < 4.78 is 11.4. The Morgan fingerprint density at radius 3 is 2.88 bits per heavy atom. The van der Waals surface area contributed by atoms with Crippen LogP contribution in [0.15, 0.2) is 24.3 Å². The van der Waals surface area contributed by atoms with E-state index in [0.717, 1.165) is 30.6 Å². The first-order valence-corrected chi connectivity index (χ1v) is 8.65. The summed E-state index contributed by atoms with van der Waals surface area (Å²) in [7, 11) is -1.60. The van der Waals surface area contributed by atoms with Gasteiger partial charge in [-0.3, -0.25) is 4.79 Å². The van der Waals surface area contributed by atoms with Gasteiger partial charge in [0.15, 0.2) is 0 Å². The molecule has 2 bridgehead atoms. The molecule has 0 saturated carbocycles. The van der Waals surface area contributed by atoms with Crippen LogP contribution in [0.1, 0.15) is 37.2 Å². The van der Waals surface area contributed by atoms with Crippen molar-refractivity contribution in [2.75, 3.05) is 6.61 Å². The topological polar surface area (TPSA) is 88.0 Å². The molecule has 5 atom stereocenters. The van der Waals surface area contributed by atoms with Crippen molar-refractivity contribution in [3.8, 4) is 5.75 Å². The molecule has 2 fully saturated rings. The Bertz CT molecular complexity index is 625. The van der Waals surface area contributed by atoms with Gasteiger partial charge in [-0.1, -0.05) is 18.2 Å². The third-order valence-corrected chi connectivity index (χ3v) is 5.47. The number of nitrogens with one attached hydrogen (secondary N) is 1. The van der Waals surface area contributed by atoms with E-state index in [4.69, 9.17) is 9.47 Å². The van der Waals surface area contributed by atoms with Gasteiger partial charge in [-0.25, -0.2) is 0 Å². The number of rotatable bonds is 5. The largest absolute Gasteiger partial charge is 0.493 e. The lowest BCUT2D eigenvalue weighted by molar-refractivity contribution is -0.127. The number of ether oxygens (including phenoxy) is 2. The number of para-hydroxylation sites is 1. The van der Waals surface area contributed by atoms with E-state index in [9.17, 15) is 14.8 Å². The molecule has 0 unspecified atom stereocenters. The van der Waals surface area contributed by atoms with Crippen LogP contribution in [0.3, 0.4) is 0 Å². The fraction of sp³-hybridized carbons (Fsp3) is 0.588. The number of carbonyl (C=O) groups is 1. The van der Waals surface area contributed by atoms with Gasteiger partial charge < -0.3 is 24.8 Å². The highest BCUT2D eigenvalue weighted by atomic mass is 16.5. The molecule has 1 amide bonds. The van der Waals surface area contributed by atoms with Crippen molar-refractivity contribution in [3.05, 3.63) is 29.8 Å². The van der Waals surface area contributed by atoms with Crippen molar-refractivity contribution in [3.63, 3.8) is 0 Å². The van der Waals surface area contributed by atoms with Gasteiger partial charge in [0, 0.05) is 11.5 Å². The van der Waals surface area contributed by atoms with Crippen LogP contribution in [0.2, 0.25) is 0 Å². The van der Waals surface area contributed by atoms with Crippen LogP contribution >= 0.6 is 0 Å². The van der Waals surface area contributed by atoms with E-state index in [2.05, 4.69) is 5.32 Å². The molecule has 6 nitrogen and oxygen atoms in total. The zero-order valence-electron chi connectivity index (χ0n) is 13.4. The molecule has 128 valence electrons. The molecule has 3 aliphatic heterocycles. The van der Waals surface area contributed by atoms with Crippen molar-refractivity contribution < 1.29 is 24.3 Å². The maximum atomic E-state index is 12.5. The fourth-order valence-corrected chi connectivity index (χ4v) is 4.19. The van der Waals surface area contributed by atoms with Crippen LogP contribution in [0, 0.1) is 5.92 Å². The van der Waals surface area contributed by atoms with Gasteiger partial charge >= 0.3 is 7.12 Å². The van der Waals surface area contributed by atoms with Crippen molar-refractivity contribution in [1.82, 2.24) is 5.32 Å². The average Bonchev–Trinajstić information content (AvgIpc) is 3.29. The number of fused-ring (bicyclic) bond motifs is 3. The average molecular weight is 331 g/mol. The highest BCUT2D eigenvalue weighted by Crippen LogP contribution is 2.39. The first kappa shape index (κ1) is 15.9. The van der Waals surface area contributed by atoms with Crippen LogP contribution in [-0.4, -0.2) is 47.8 Å². The van der Waals surface area contributed by atoms with E-state index < -0.39 is 13.1 Å².